The maximum atomic E-state index is 11.2. The number of nitrogens with one attached hydrogen (secondary N) is 1. The zero-order chi connectivity index (χ0) is 16.1. The molecule has 1 N–H and O–H groups in total. The second-order valence-corrected chi connectivity index (χ2v) is 6.55. The van der Waals surface area contributed by atoms with Gasteiger partial charge in [-0.3, -0.25) is 10.1 Å². The van der Waals surface area contributed by atoms with E-state index in [1.165, 1.54) is 11.8 Å². The molecule has 0 unspecified atom stereocenters. The van der Waals surface area contributed by atoms with Crippen LogP contribution in [0.15, 0.2) is 18.5 Å². The molecular weight excluding hydrogens is 316 g/mol. The molecule has 23 heavy (non-hydrogen) atoms. The van der Waals surface area contributed by atoms with Gasteiger partial charge in [-0.05, 0) is 32.8 Å². The molecule has 0 aromatic carbocycles. The van der Waals surface area contributed by atoms with Crippen molar-refractivity contribution in [2.75, 3.05) is 6.54 Å². The fourth-order valence-electron chi connectivity index (χ4n) is 3.18. The Bertz CT molecular complexity index is 808. The minimum absolute atomic E-state index is 0. The van der Waals surface area contributed by atoms with Crippen LogP contribution in [-0.4, -0.2) is 26.6 Å². The first kappa shape index (κ1) is 17.4. The lowest BCUT2D eigenvalue weighted by atomic mass is 9.87. The summed E-state index contributed by atoms with van der Waals surface area (Å²) in [6.45, 7) is 6.94. The highest BCUT2D eigenvalue weighted by Crippen LogP contribution is 2.36. The molecule has 0 atom stereocenters. The smallest absolute Gasteiger partial charge is 0.291 e. The number of nitrogens with zero attached hydrogens (tertiary/aromatic N) is 3. The van der Waals surface area contributed by atoms with Crippen molar-refractivity contribution >= 4 is 34.7 Å². The van der Waals surface area contributed by atoms with Crippen molar-refractivity contribution in [1.82, 2.24) is 14.9 Å². The Morgan fingerprint density at radius 3 is 2.74 bits per heavy atom. The summed E-state index contributed by atoms with van der Waals surface area (Å²) in [4.78, 5) is 15.1. The van der Waals surface area contributed by atoms with Crippen molar-refractivity contribution in [1.29, 1.82) is 0 Å². The highest BCUT2D eigenvalue weighted by atomic mass is 35.5. The van der Waals surface area contributed by atoms with Crippen molar-refractivity contribution in [3.8, 4) is 0 Å². The van der Waals surface area contributed by atoms with Gasteiger partial charge < -0.3 is 9.88 Å². The molecule has 124 valence electrons. The average Bonchev–Trinajstić information content (AvgIpc) is 2.76. The van der Waals surface area contributed by atoms with Gasteiger partial charge in [0, 0.05) is 41.8 Å². The number of pyridine rings is 1. The molecule has 0 aliphatic carbocycles. The fourth-order valence-corrected chi connectivity index (χ4v) is 3.18. The third kappa shape index (κ3) is 2.96. The van der Waals surface area contributed by atoms with Crippen molar-refractivity contribution in [3.05, 3.63) is 39.7 Å². The molecule has 0 saturated heterocycles. The van der Waals surface area contributed by atoms with E-state index in [0.29, 0.717) is 5.56 Å². The Labute approximate surface area is 141 Å². The molecule has 3 rings (SSSR count). The van der Waals surface area contributed by atoms with E-state index in [1.54, 1.807) is 6.92 Å². The summed E-state index contributed by atoms with van der Waals surface area (Å²) in [6, 6.07) is 0. The lowest BCUT2D eigenvalue weighted by Gasteiger charge is -2.31. The highest BCUT2D eigenvalue weighted by molar-refractivity contribution is 5.95. The highest BCUT2D eigenvalue weighted by Gasteiger charge is 2.26. The molecule has 0 bridgehead atoms. The van der Waals surface area contributed by atoms with Crippen LogP contribution in [0.25, 0.3) is 16.6 Å². The fraction of sp³-hybridized carbons (Fsp3) is 0.438. The zero-order valence-corrected chi connectivity index (χ0v) is 14.5. The van der Waals surface area contributed by atoms with Crippen molar-refractivity contribution in [2.24, 2.45) is 7.05 Å². The van der Waals surface area contributed by atoms with Gasteiger partial charge in [-0.2, -0.15) is 0 Å². The first-order chi connectivity index (χ1) is 10.3. The molecule has 6 nitrogen and oxygen atoms in total. The van der Waals surface area contributed by atoms with E-state index in [1.807, 2.05) is 17.8 Å². The van der Waals surface area contributed by atoms with Gasteiger partial charge in [0.2, 0.25) is 0 Å². The van der Waals surface area contributed by atoms with Gasteiger partial charge in [-0.15, -0.1) is 12.4 Å². The van der Waals surface area contributed by atoms with Crippen LogP contribution in [0.5, 0.6) is 0 Å². The van der Waals surface area contributed by atoms with E-state index in [-0.39, 0.29) is 28.6 Å². The largest absolute Gasteiger partial charge is 0.335 e. The molecule has 0 spiro atoms. The summed E-state index contributed by atoms with van der Waals surface area (Å²) in [5, 5.41) is 15.5. The molecule has 2 aromatic rings. The lowest BCUT2D eigenvalue weighted by molar-refractivity contribution is -0.385. The van der Waals surface area contributed by atoms with Gasteiger partial charge in [-0.25, -0.2) is 4.98 Å². The monoisotopic (exact) mass is 336 g/mol. The molecule has 0 radical (unpaired) electrons. The van der Waals surface area contributed by atoms with E-state index in [2.05, 4.69) is 30.2 Å². The molecule has 3 heterocycles. The Kier molecular flexibility index (Phi) is 4.50. The SMILES string of the molecule is Cc1c([N+](=O)[O-])cnc2c1c(C1=CCNC(C)(C)C1)cn2C.Cl. The molecule has 1 aliphatic rings. The standard InChI is InChI=1S/C16H20N4O2.ClH/c1-10-13(20(21)22)8-17-15-14(10)12(9-19(15)4)11-5-6-18-16(2,3)7-11;/h5,8-9,18H,6-7H2,1-4H3;1H. The summed E-state index contributed by atoms with van der Waals surface area (Å²) in [5.74, 6) is 0. The van der Waals surface area contributed by atoms with Gasteiger partial charge in [-0.1, -0.05) is 6.08 Å². The molecule has 0 saturated carbocycles. The third-order valence-electron chi connectivity index (χ3n) is 4.32. The van der Waals surface area contributed by atoms with Gasteiger partial charge in [0.25, 0.3) is 5.69 Å². The minimum atomic E-state index is -0.362. The molecule has 1 aliphatic heterocycles. The van der Waals surface area contributed by atoms with Crippen molar-refractivity contribution in [3.63, 3.8) is 0 Å². The molecule has 0 fully saturated rings. The van der Waals surface area contributed by atoms with Crippen molar-refractivity contribution < 1.29 is 4.92 Å². The number of rotatable bonds is 2. The predicted molar refractivity (Wildman–Crippen MR) is 94.0 cm³/mol. The Balaban J connectivity index is 0.00000192. The Morgan fingerprint density at radius 1 is 1.43 bits per heavy atom. The van der Waals surface area contributed by atoms with Gasteiger partial charge in [0.15, 0.2) is 0 Å². The second-order valence-electron chi connectivity index (χ2n) is 6.55. The zero-order valence-electron chi connectivity index (χ0n) is 13.7. The summed E-state index contributed by atoms with van der Waals surface area (Å²) in [5.41, 5.74) is 3.85. The van der Waals surface area contributed by atoms with Crippen LogP contribution < -0.4 is 5.32 Å². The Morgan fingerprint density at radius 2 is 2.13 bits per heavy atom. The summed E-state index contributed by atoms with van der Waals surface area (Å²) in [6.07, 6.45) is 6.43. The summed E-state index contributed by atoms with van der Waals surface area (Å²) < 4.78 is 1.94. The summed E-state index contributed by atoms with van der Waals surface area (Å²) >= 11 is 0. The molecule has 7 heteroatoms. The van der Waals surface area contributed by atoms with Crippen LogP contribution in [0.3, 0.4) is 0 Å². The third-order valence-corrected chi connectivity index (χ3v) is 4.32. The predicted octanol–water partition coefficient (Wildman–Crippen LogP) is 3.37. The molecular formula is C16H21ClN4O2. The van der Waals surface area contributed by atoms with E-state index < -0.39 is 0 Å². The van der Waals surface area contributed by atoms with Crippen molar-refractivity contribution in [2.45, 2.75) is 32.7 Å². The van der Waals surface area contributed by atoms with Gasteiger partial charge in [0.05, 0.1) is 4.92 Å². The number of hydrogen-bond donors (Lipinski definition) is 1. The first-order valence-corrected chi connectivity index (χ1v) is 7.33. The molecule has 2 aromatic heterocycles. The number of aromatic nitrogens is 2. The number of halogens is 1. The van der Waals surface area contributed by atoms with E-state index in [4.69, 9.17) is 0 Å². The average molecular weight is 337 g/mol. The maximum absolute atomic E-state index is 11.2. The van der Waals surface area contributed by atoms with Crippen LogP contribution in [0.1, 0.15) is 31.4 Å². The topological polar surface area (TPSA) is 73.0 Å². The quantitative estimate of drug-likeness (QED) is 0.674. The number of aryl methyl sites for hydroxylation is 2. The normalized spacial score (nSPS) is 16.8. The minimum Gasteiger partial charge on any atom is -0.335 e. The van der Waals surface area contributed by atoms with Crippen LogP contribution in [0.4, 0.5) is 5.69 Å². The van der Waals surface area contributed by atoms with Gasteiger partial charge in [0.1, 0.15) is 11.8 Å². The number of nitro groups is 1. The van der Waals surface area contributed by atoms with E-state index in [0.717, 1.165) is 29.6 Å². The van der Waals surface area contributed by atoms with E-state index in [9.17, 15) is 10.1 Å². The lowest BCUT2D eigenvalue weighted by Crippen LogP contribution is -2.42. The van der Waals surface area contributed by atoms with Crippen LogP contribution in [-0.2, 0) is 7.05 Å². The summed E-state index contributed by atoms with van der Waals surface area (Å²) in [7, 11) is 1.93. The van der Waals surface area contributed by atoms with Crippen LogP contribution in [0.2, 0.25) is 0 Å². The van der Waals surface area contributed by atoms with Gasteiger partial charge >= 0.3 is 0 Å². The molecule has 0 amide bonds. The van der Waals surface area contributed by atoms with E-state index >= 15 is 0 Å². The first-order valence-electron chi connectivity index (χ1n) is 7.33. The Hall–Kier alpha value is -1.92. The van der Waals surface area contributed by atoms with Crippen LogP contribution in [0, 0.1) is 17.0 Å². The maximum Gasteiger partial charge on any atom is 0.291 e. The number of hydrogen-bond acceptors (Lipinski definition) is 4. The van der Waals surface area contributed by atoms with Crippen LogP contribution >= 0.6 is 12.4 Å². The number of fused-ring (bicyclic) bond motifs is 1. The second kappa shape index (κ2) is 5.94.